The Hall–Kier alpha value is -0.670. The van der Waals surface area contributed by atoms with Gasteiger partial charge < -0.3 is 5.32 Å². The second-order valence-corrected chi connectivity index (χ2v) is 7.12. The lowest BCUT2D eigenvalue weighted by atomic mass is 10.1. The summed E-state index contributed by atoms with van der Waals surface area (Å²) in [6.45, 7) is 2.25. The summed E-state index contributed by atoms with van der Waals surface area (Å²) in [7, 11) is 0. The first kappa shape index (κ1) is 19.4. The average Bonchev–Trinajstić information content (AvgIpc) is 2.51. The van der Waals surface area contributed by atoms with Gasteiger partial charge in [-0.3, -0.25) is 4.79 Å². The lowest BCUT2D eigenvalue weighted by Gasteiger charge is -2.05. The quantitative estimate of drug-likeness (QED) is 0.462. The van der Waals surface area contributed by atoms with Crippen molar-refractivity contribution in [2.24, 2.45) is 0 Å². The van der Waals surface area contributed by atoms with Gasteiger partial charge in [0.15, 0.2) is 0 Å². The van der Waals surface area contributed by atoms with Crippen molar-refractivity contribution in [3.05, 3.63) is 29.3 Å². The van der Waals surface area contributed by atoms with Gasteiger partial charge in [0.1, 0.15) is 0 Å². The Bertz CT molecular complexity index is 408. The molecule has 0 spiro atoms. The van der Waals surface area contributed by atoms with Crippen LogP contribution in [0.2, 0.25) is 5.02 Å². The van der Waals surface area contributed by atoms with Crippen LogP contribution in [0.4, 0.5) is 5.69 Å². The van der Waals surface area contributed by atoms with Crippen LogP contribution in [-0.4, -0.2) is 17.4 Å². The van der Waals surface area contributed by atoms with Gasteiger partial charge in [0.25, 0.3) is 0 Å². The first-order chi connectivity index (χ1) is 10.7. The molecule has 1 amide bonds. The number of nitrogens with one attached hydrogen (secondary N) is 1. The third-order valence-electron chi connectivity index (χ3n) is 3.50. The van der Waals surface area contributed by atoms with Gasteiger partial charge in [-0.1, -0.05) is 63.5 Å². The van der Waals surface area contributed by atoms with E-state index >= 15 is 0 Å². The summed E-state index contributed by atoms with van der Waals surface area (Å²) < 4.78 is 0. The van der Waals surface area contributed by atoms with Crippen molar-refractivity contribution in [1.29, 1.82) is 0 Å². The fourth-order valence-electron chi connectivity index (χ4n) is 2.23. The fourth-order valence-corrected chi connectivity index (χ4v) is 3.17. The summed E-state index contributed by atoms with van der Waals surface area (Å²) in [6.07, 6.45) is 10.7. The minimum atomic E-state index is 0.0619. The second kappa shape index (κ2) is 12.8. The highest BCUT2D eigenvalue weighted by atomic mass is 35.5. The molecule has 0 saturated carbocycles. The number of anilines is 1. The molecule has 1 N–H and O–H groups in total. The van der Waals surface area contributed by atoms with Gasteiger partial charge in [-0.15, -0.1) is 0 Å². The molecule has 0 atom stereocenters. The van der Waals surface area contributed by atoms with Crippen molar-refractivity contribution in [3.63, 3.8) is 0 Å². The van der Waals surface area contributed by atoms with Crippen molar-refractivity contribution >= 4 is 35.0 Å². The molecule has 0 saturated heterocycles. The summed E-state index contributed by atoms with van der Waals surface area (Å²) in [5.74, 6) is 1.66. The second-order valence-electron chi connectivity index (χ2n) is 5.58. The molecule has 0 radical (unpaired) electrons. The van der Waals surface area contributed by atoms with Gasteiger partial charge in [0.05, 0.1) is 5.75 Å². The third-order valence-corrected chi connectivity index (χ3v) is 4.80. The van der Waals surface area contributed by atoms with E-state index in [0.29, 0.717) is 10.8 Å². The molecule has 1 aromatic carbocycles. The van der Waals surface area contributed by atoms with Crippen LogP contribution >= 0.6 is 23.4 Å². The van der Waals surface area contributed by atoms with Gasteiger partial charge in [0, 0.05) is 10.7 Å². The summed E-state index contributed by atoms with van der Waals surface area (Å²) >= 11 is 7.53. The number of hydrogen-bond donors (Lipinski definition) is 1. The molecular formula is C18H28ClNOS. The molecule has 0 bridgehead atoms. The van der Waals surface area contributed by atoms with Crippen molar-refractivity contribution in [3.8, 4) is 0 Å². The van der Waals surface area contributed by atoms with Gasteiger partial charge in [-0.25, -0.2) is 0 Å². The first-order valence-corrected chi connectivity index (χ1v) is 9.89. The Labute approximate surface area is 144 Å². The number of carbonyl (C=O) groups excluding carboxylic acids is 1. The molecule has 0 aromatic heterocycles. The summed E-state index contributed by atoms with van der Waals surface area (Å²) in [5, 5.41) is 3.56. The van der Waals surface area contributed by atoms with E-state index in [9.17, 15) is 4.79 Å². The zero-order chi connectivity index (χ0) is 16.0. The Morgan fingerprint density at radius 1 is 1.00 bits per heavy atom. The average molecular weight is 342 g/mol. The van der Waals surface area contributed by atoms with Gasteiger partial charge in [0.2, 0.25) is 5.91 Å². The predicted octanol–water partition coefficient (Wildman–Crippen LogP) is 6.15. The molecule has 0 fully saturated rings. The molecule has 4 heteroatoms. The highest BCUT2D eigenvalue weighted by molar-refractivity contribution is 7.99. The van der Waals surface area contributed by atoms with E-state index in [1.165, 1.54) is 51.4 Å². The zero-order valence-electron chi connectivity index (χ0n) is 13.6. The van der Waals surface area contributed by atoms with E-state index in [1.807, 2.05) is 12.1 Å². The molecule has 1 aromatic rings. The number of carbonyl (C=O) groups is 1. The van der Waals surface area contributed by atoms with Crippen LogP contribution in [0.25, 0.3) is 0 Å². The standard InChI is InChI=1S/C18H28ClNOS/c1-2-3-4-5-6-7-8-9-14-22-15-18(21)20-17-12-10-16(19)11-13-17/h10-13H,2-9,14-15H2,1H3,(H,20,21). The normalized spacial score (nSPS) is 10.6. The van der Waals surface area contributed by atoms with E-state index < -0.39 is 0 Å². The lowest BCUT2D eigenvalue weighted by molar-refractivity contribution is -0.113. The number of rotatable bonds is 12. The smallest absolute Gasteiger partial charge is 0.234 e. The van der Waals surface area contributed by atoms with E-state index in [2.05, 4.69) is 12.2 Å². The molecule has 0 aliphatic rings. The van der Waals surface area contributed by atoms with E-state index in [1.54, 1.807) is 23.9 Å². The minimum Gasteiger partial charge on any atom is -0.325 e. The van der Waals surface area contributed by atoms with Crippen molar-refractivity contribution in [2.75, 3.05) is 16.8 Å². The monoisotopic (exact) mass is 341 g/mol. The number of unbranched alkanes of at least 4 members (excludes halogenated alkanes) is 7. The molecule has 0 unspecified atom stereocenters. The largest absolute Gasteiger partial charge is 0.325 e. The van der Waals surface area contributed by atoms with Crippen LogP contribution in [-0.2, 0) is 4.79 Å². The predicted molar refractivity (Wildman–Crippen MR) is 100 cm³/mol. The third kappa shape index (κ3) is 10.1. The number of hydrogen-bond acceptors (Lipinski definition) is 2. The Morgan fingerprint density at radius 3 is 2.23 bits per heavy atom. The number of amides is 1. The van der Waals surface area contributed by atoms with Gasteiger partial charge >= 0.3 is 0 Å². The van der Waals surface area contributed by atoms with E-state index in [0.717, 1.165) is 11.4 Å². The molecule has 1 rings (SSSR count). The highest BCUT2D eigenvalue weighted by Gasteiger charge is 2.02. The number of halogens is 1. The van der Waals surface area contributed by atoms with Crippen LogP contribution in [0.15, 0.2) is 24.3 Å². The summed E-state index contributed by atoms with van der Waals surface area (Å²) in [5.41, 5.74) is 0.807. The maximum absolute atomic E-state index is 11.8. The van der Waals surface area contributed by atoms with Crippen LogP contribution in [0.3, 0.4) is 0 Å². The van der Waals surface area contributed by atoms with Crippen molar-refractivity contribution in [1.82, 2.24) is 0 Å². The zero-order valence-corrected chi connectivity index (χ0v) is 15.1. The highest BCUT2D eigenvalue weighted by Crippen LogP contribution is 2.14. The van der Waals surface area contributed by atoms with Crippen LogP contribution < -0.4 is 5.32 Å². The Kier molecular flexibility index (Phi) is 11.3. The van der Waals surface area contributed by atoms with E-state index in [4.69, 9.17) is 11.6 Å². The molecule has 0 aliphatic heterocycles. The minimum absolute atomic E-state index is 0.0619. The maximum atomic E-state index is 11.8. The Morgan fingerprint density at radius 2 is 1.59 bits per heavy atom. The van der Waals surface area contributed by atoms with Crippen LogP contribution in [0.5, 0.6) is 0 Å². The molecule has 0 aliphatic carbocycles. The number of thioether (sulfide) groups is 1. The SMILES string of the molecule is CCCCCCCCCCSCC(=O)Nc1ccc(Cl)cc1. The maximum Gasteiger partial charge on any atom is 0.234 e. The summed E-state index contributed by atoms with van der Waals surface area (Å²) in [4.78, 5) is 11.8. The van der Waals surface area contributed by atoms with Crippen molar-refractivity contribution < 1.29 is 4.79 Å². The van der Waals surface area contributed by atoms with Crippen molar-refractivity contribution in [2.45, 2.75) is 58.3 Å². The topological polar surface area (TPSA) is 29.1 Å². The summed E-state index contributed by atoms with van der Waals surface area (Å²) in [6, 6.07) is 7.21. The van der Waals surface area contributed by atoms with Gasteiger partial charge in [-0.05, 0) is 36.4 Å². The van der Waals surface area contributed by atoms with Gasteiger partial charge in [-0.2, -0.15) is 11.8 Å². The number of benzene rings is 1. The molecule has 124 valence electrons. The molecule has 0 heterocycles. The fraction of sp³-hybridized carbons (Fsp3) is 0.611. The Balaban J connectivity index is 1.93. The molecule has 2 nitrogen and oxygen atoms in total. The molecular weight excluding hydrogens is 314 g/mol. The van der Waals surface area contributed by atoms with Crippen LogP contribution in [0, 0.1) is 0 Å². The molecule has 22 heavy (non-hydrogen) atoms. The van der Waals surface area contributed by atoms with Crippen LogP contribution in [0.1, 0.15) is 58.3 Å². The lowest BCUT2D eigenvalue weighted by Crippen LogP contribution is -2.14. The first-order valence-electron chi connectivity index (χ1n) is 8.35. The van der Waals surface area contributed by atoms with E-state index in [-0.39, 0.29) is 5.91 Å².